The molecule has 1 saturated heterocycles. The number of rotatable bonds is 4. The normalized spacial score (nSPS) is 19.0. The highest BCUT2D eigenvalue weighted by Crippen LogP contribution is 2.23. The van der Waals surface area contributed by atoms with Crippen molar-refractivity contribution in [3.05, 3.63) is 15.6 Å². The molecule has 0 spiro atoms. The molecule has 1 fully saturated rings. The average Bonchev–Trinajstić information content (AvgIpc) is 2.78. The molecule has 1 aromatic rings. The van der Waals surface area contributed by atoms with Crippen molar-refractivity contribution in [3.63, 3.8) is 0 Å². The van der Waals surface area contributed by atoms with Crippen molar-refractivity contribution in [1.29, 1.82) is 0 Å². The van der Waals surface area contributed by atoms with E-state index in [0.717, 1.165) is 17.1 Å². The van der Waals surface area contributed by atoms with Gasteiger partial charge in [-0.1, -0.05) is 13.8 Å². The van der Waals surface area contributed by atoms with Crippen molar-refractivity contribution in [3.8, 4) is 0 Å². The third-order valence-corrected chi connectivity index (χ3v) is 4.41. The van der Waals surface area contributed by atoms with Gasteiger partial charge in [-0.25, -0.2) is 9.78 Å². The molecule has 2 rings (SSSR count). The highest BCUT2D eigenvalue weighted by Gasteiger charge is 2.31. The van der Waals surface area contributed by atoms with Gasteiger partial charge in [0.2, 0.25) is 0 Å². The number of ether oxygens (including phenoxy) is 1. The number of amides is 1. The molecule has 21 heavy (non-hydrogen) atoms. The van der Waals surface area contributed by atoms with Crippen LogP contribution in [-0.2, 0) is 16.0 Å². The number of hydrogen-bond donors (Lipinski definition) is 1. The summed E-state index contributed by atoms with van der Waals surface area (Å²) in [6.45, 7) is 6.79. The van der Waals surface area contributed by atoms with Crippen LogP contribution in [0.5, 0.6) is 0 Å². The first kappa shape index (κ1) is 15.9. The lowest BCUT2D eigenvalue weighted by molar-refractivity contribution is -0.154. The number of hydrogen-bond acceptors (Lipinski definition) is 5. The van der Waals surface area contributed by atoms with Gasteiger partial charge in [0.1, 0.15) is 4.88 Å². The largest absolute Gasteiger partial charge is 0.479 e. The van der Waals surface area contributed by atoms with Crippen molar-refractivity contribution in [1.82, 2.24) is 9.88 Å². The Hall–Kier alpha value is -1.47. The number of aliphatic carboxylic acids is 1. The van der Waals surface area contributed by atoms with Gasteiger partial charge in [-0.2, -0.15) is 0 Å². The first-order chi connectivity index (χ1) is 9.88. The van der Waals surface area contributed by atoms with Gasteiger partial charge in [-0.05, 0) is 12.8 Å². The average molecular weight is 312 g/mol. The molecule has 1 amide bonds. The standard InChI is InChI=1S/C14H20N2O4S/c1-8(2)6-11-15-9(3)12(21-11)13(17)16-4-5-20-10(7-16)14(18)19/h8,10H,4-7H2,1-3H3,(H,18,19)/t10-/m0/s1. The van der Waals surface area contributed by atoms with Gasteiger partial charge in [0.15, 0.2) is 6.10 Å². The molecule has 0 radical (unpaired) electrons. The number of aromatic nitrogens is 1. The Kier molecular flexibility index (Phi) is 4.95. The van der Waals surface area contributed by atoms with Crippen LogP contribution in [0.25, 0.3) is 0 Å². The Morgan fingerprint density at radius 2 is 2.24 bits per heavy atom. The minimum atomic E-state index is -1.03. The zero-order valence-corrected chi connectivity index (χ0v) is 13.3. The van der Waals surface area contributed by atoms with E-state index < -0.39 is 12.1 Å². The number of aryl methyl sites for hydroxylation is 1. The van der Waals surface area contributed by atoms with Crippen LogP contribution in [0, 0.1) is 12.8 Å². The van der Waals surface area contributed by atoms with E-state index in [2.05, 4.69) is 18.8 Å². The third-order valence-electron chi connectivity index (χ3n) is 3.25. The second kappa shape index (κ2) is 6.53. The van der Waals surface area contributed by atoms with E-state index in [1.54, 1.807) is 4.90 Å². The molecule has 1 aliphatic rings. The molecule has 1 atom stereocenters. The van der Waals surface area contributed by atoms with E-state index in [0.29, 0.717) is 17.3 Å². The van der Waals surface area contributed by atoms with Crippen LogP contribution < -0.4 is 0 Å². The predicted molar refractivity (Wildman–Crippen MR) is 78.7 cm³/mol. The lowest BCUT2D eigenvalue weighted by atomic mass is 10.1. The Morgan fingerprint density at radius 3 is 2.86 bits per heavy atom. The van der Waals surface area contributed by atoms with E-state index in [9.17, 15) is 9.59 Å². The Morgan fingerprint density at radius 1 is 1.52 bits per heavy atom. The van der Waals surface area contributed by atoms with Crippen LogP contribution in [0.2, 0.25) is 0 Å². The number of carboxylic acids is 1. The zero-order chi connectivity index (χ0) is 15.6. The SMILES string of the molecule is Cc1nc(CC(C)C)sc1C(=O)N1CCO[C@H](C(=O)O)C1. The van der Waals surface area contributed by atoms with Crippen molar-refractivity contribution in [2.24, 2.45) is 5.92 Å². The van der Waals surface area contributed by atoms with Crippen LogP contribution in [-0.4, -0.2) is 52.7 Å². The molecule has 0 unspecified atom stereocenters. The van der Waals surface area contributed by atoms with Crippen LogP contribution in [0.1, 0.15) is 34.2 Å². The molecule has 7 heteroatoms. The highest BCUT2D eigenvalue weighted by molar-refractivity contribution is 7.13. The molecule has 0 bridgehead atoms. The Labute approximate surface area is 127 Å². The number of nitrogens with zero attached hydrogens (tertiary/aromatic N) is 2. The maximum absolute atomic E-state index is 12.5. The van der Waals surface area contributed by atoms with Gasteiger partial charge in [0.25, 0.3) is 5.91 Å². The highest BCUT2D eigenvalue weighted by atomic mass is 32.1. The topological polar surface area (TPSA) is 79.7 Å². The molecule has 0 aromatic carbocycles. The number of morpholine rings is 1. The molecule has 1 aromatic heterocycles. The first-order valence-corrected chi connectivity index (χ1v) is 7.80. The maximum Gasteiger partial charge on any atom is 0.334 e. The van der Waals surface area contributed by atoms with E-state index >= 15 is 0 Å². The molecule has 2 heterocycles. The monoisotopic (exact) mass is 312 g/mol. The lowest BCUT2D eigenvalue weighted by Gasteiger charge is -2.30. The summed E-state index contributed by atoms with van der Waals surface area (Å²) >= 11 is 1.41. The predicted octanol–water partition coefficient (Wildman–Crippen LogP) is 1.58. The zero-order valence-electron chi connectivity index (χ0n) is 12.5. The lowest BCUT2D eigenvalue weighted by Crippen LogP contribution is -2.48. The van der Waals surface area contributed by atoms with Crippen LogP contribution >= 0.6 is 11.3 Å². The second-order valence-electron chi connectivity index (χ2n) is 5.57. The van der Waals surface area contributed by atoms with Gasteiger partial charge in [0.05, 0.1) is 23.9 Å². The fourth-order valence-corrected chi connectivity index (χ4v) is 3.46. The maximum atomic E-state index is 12.5. The van der Waals surface area contributed by atoms with E-state index in [-0.39, 0.29) is 19.1 Å². The van der Waals surface area contributed by atoms with Crippen molar-refractivity contribution in [2.45, 2.75) is 33.3 Å². The molecule has 0 aliphatic carbocycles. The summed E-state index contributed by atoms with van der Waals surface area (Å²) in [6.07, 6.45) is -0.0920. The quantitative estimate of drug-likeness (QED) is 0.913. The van der Waals surface area contributed by atoms with Crippen molar-refractivity contribution in [2.75, 3.05) is 19.7 Å². The van der Waals surface area contributed by atoms with Crippen molar-refractivity contribution >= 4 is 23.2 Å². The molecule has 1 N–H and O–H groups in total. The Balaban J connectivity index is 2.12. The second-order valence-corrected chi connectivity index (χ2v) is 6.65. The van der Waals surface area contributed by atoms with Gasteiger partial charge in [-0.3, -0.25) is 4.79 Å². The van der Waals surface area contributed by atoms with Gasteiger partial charge < -0.3 is 14.7 Å². The van der Waals surface area contributed by atoms with E-state index in [1.807, 2.05) is 6.92 Å². The molecular formula is C14H20N2O4S. The van der Waals surface area contributed by atoms with Gasteiger partial charge >= 0.3 is 5.97 Å². The molecule has 6 nitrogen and oxygen atoms in total. The third kappa shape index (κ3) is 3.79. The molecule has 116 valence electrons. The minimum absolute atomic E-state index is 0.0883. The molecule has 0 saturated carbocycles. The van der Waals surface area contributed by atoms with Crippen LogP contribution in [0.3, 0.4) is 0 Å². The smallest absolute Gasteiger partial charge is 0.334 e. The number of carbonyl (C=O) groups excluding carboxylic acids is 1. The van der Waals surface area contributed by atoms with Gasteiger partial charge in [0, 0.05) is 13.0 Å². The summed E-state index contributed by atoms with van der Waals surface area (Å²) in [5.41, 5.74) is 0.721. The van der Waals surface area contributed by atoms with E-state index in [1.165, 1.54) is 11.3 Å². The summed E-state index contributed by atoms with van der Waals surface area (Å²) in [4.78, 5) is 30.1. The Bertz CT molecular complexity index is 541. The summed E-state index contributed by atoms with van der Waals surface area (Å²) in [6, 6.07) is 0. The molecular weight excluding hydrogens is 292 g/mol. The number of carboxylic acid groups (broad SMARTS) is 1. The first-order valence-electron chi connectivity index (χ1n) is 6.98. The summed E-state index contributed by atoms with van der Waals surface area (Å²) in [5, 5.41) is 9.95. The molecule has 1 aliphatic heterocycles. The van der Waals surface area contributed by atoms with Crippen LogP contribution in [0.15, 0.2) is 0 Å². The fraction of sp³-hybridized carbons (Fsp3) is 0.643. The number of carbonyl (C=O) groups is 2. The van der Waals surface area contributed by atoms with Crippen molar-refractivity contribution < 1.29 is 19.4 Å². The fourth-order valence-electron chi connectivity index (χ4n) is 2.21. The summed E-state index contributed by atoms with van der Waals surface area (Å²) in [7, 11) is 0. The minimum Gasteiger partial charge on any atom is -0.479 e. The van der Waals surface area contributed by atoms with E-state index in [4.69, 9.17) is 9.84 Å². The number of thiazole rings is 1. The van der Waals surface area contributed by atoms with Crippen LogP contribution in [0.4, 0.5) is 0 Å². The summed E-state index contributed by atoms with van der Waals surface area (Å²) in [5.74, 6) is -0.693. The summed E-state index contributed by atoms with van der Waals surface area (Å²) < 4.78 is 5.14. The van der Waals surface area contributed by atoms with Gasteiger partial charge in [-0.15, -0.1) is 11.3 Å².